The van der Waals surface area contributed by atoms with E-state index in [0.717, 1.165) is 23.7 Å². The number of anilines is 1. The van der Waals surface area contributed by atoms with Crippen molar-refractivity contribution in [3.05, 3.63) is 47.4 Å². The van der Waals surface area contributed by atoms with Crippen molar-refractivity contribution in [3.63, 3.8) is 0 Å². The number of nitrogen functional groups attached to an aromatic ring is 1. The second-order valence-electron chi connectivity index (χ2n) is 4.72. The first-order valence-corrected chi connectivity index (χ1v) is 6.29. The molecule has 3 N–H and O–H groups in total. The Kier molecular flexibility index (Phi) is 3.05. The summed E-state index contributed by atoms with van der Waals surface area (Å²) < 4.78 is 5.77. The highest BCUT2D eigenvalue weighted by molar-refractivity contribution is 5.38. The fourth-order valence-electron chi connectivity index (χ4n) is 2.34. The van der Waals surface area contributed by atoms with Crippen LogP contribution in [-0.4, -0.2) is 16.6 Å². The van der Waals surface area contributed by atoms with Gasteiger partial charge in [-0.3, -0.25) is 0 Å². The SMILES string of the molecule is Cc1cc(NN)nc(C2COc3ccccc3C2)n1. The Balaban J connectivity index is 1.90. The van der Waals surface area contributed by atoms with Crippen LogP contribution in [0.15, 0.2) is 30.3 Å². The smallest absolute Gasteiger partial charge is 0.143 e. The molecule has 5 heteroatoms. The molecule has 2 heterocycles. The lowest BCUT2D eigenvalue weighted by atomic mass is 9.96. The lowest BCUT2D eigenvalue weighted by Crippen LogP contribution is -2.22. The van der Waals surface area contributed by atoms with E-state index in [9.17, 15) is 0 Å². The van der Waals surface area contributed by atoms with E-state index in [0.29, 0.717) is 12.4 Å². The molecular formula is C14H16N4O. The molecule has 0 saturated carbocycles. The van der Waals surface area contributed by atoms with Crippen LogP contribution in [0.1, 0.15) is 23.0 Å². The molecule has 3 rings (SSSR count). The van der Waals surface area contributed by atoms with Gasteiger partial charge in [-0.25, -0.2) is 15.8 Å². The topological polar surface area (TPSA) is 73.1 Å². The number of hydrogen-bond donors (Lipinski definition) is 2. The molecule has 0 spiro atoms. The van der Waals surface area contributed by atoms with E-state index in [1.807, 2.05) is 31.2 Å². The van der Waals surface area contributed by atoms with Gasteiger partial charge < -0.3 is 10.2 Å². The number of nitrogens with one attached hydrogen (secondary N) is 1. The summed E-state index contributed by atoms with van der Waals surface area (Å²) in [6.07, 6.45) is 0.892. The Morgan fingerprint density at radius 2 is 2.16 bits per heavy atom. The minimum atomic E-state index is 0.168. The summed E-state index contributed by atoms with van der Waals surface area (Å²) in [5.74, 6) is 7.97. The van der Waals surface area contributed by atoms with Crippen LogP contribution >= 0.6 is 0 Å². The zero-order valence-electron chi connectivity index (χ0n) is 10.8. The summed E-state index contributed by atoms with van der Waals surface area (Å²) >= 11 is 0. The fraction of sp³-hybridized carbons (Fsp3) is 0.286. The van der Waals surface area contributed by atoms with Gasteiger partial charge in [-0.15, -0.1) is 0 Å². The molecule has 0 bridgehead atoms. The van der Waals surface area contributed by atoms with Gasteiger partial charge in [0, 0.05) is 11.8 Å². The number of aromatic nitrogens is 2. The standard InChI is InChI=1S/C14H16N4O/c1-9-6-13(18-15)17-14(16-9)11-7-10-4-2-3-5-12(10)19-8-11/h2-6,11H,7-8,15H2,1H3,(H,16,17,18). The molecule has 1 aromatic carbocycles. The zero-order chi connectivity index (χ0) is 13.2. The molecule has 5 nitrogen and oxygen atoms in total. The number of hydrazine groups is 1. The predicted molar refractivity (Wildman–Crippen MR) is 73.0 cm³/mol. The van der Waals surface area contributed by atoms with E-state index in [1.165, 1.54) is 5.56 Å². The molecule has 2 aromatic rings. The van der Waals surface area contributed by atoms with Crippen LogP contribution in [-0.2, 0) is 6.42 Å². The molecule has 98 valence electrons. The summed E-state index contributed by atoms with van der Waals surface area (Å²) in [5.41, 5.74) is 4.67. The van der Waals surface area contributed by atoms with Crippen molar-refractivity contribution in [2.75, 3.05) is 12.0 Å². The highest BCUT2D eigenvalue weighted by Crippen LogP contribution is 2.31. The molecule has 1 aliphatic rings. The summed E-state index contributed by atoms with van der Waals surface area (Å²) in [7, 11) is 0. The van der Waals surface area contributed by atoms with Gasteiger partial charge in [0.05, 0.1) is 12.5 Å². The maximum atomic E-state index is 5.77. The molecule has 0 saturated heterocycles. The number of aryl methyl sites for hydroxylation is 1. The summed E-state index contributed by atoms with van der Waals surface area (Å²) in [6.45, 7) is 2.54. The maximum Gasteiger partial charge on any atom is 0.143 e. The molecule has 0 aliphatic carbocycles. The first kappa shape index (κ1) is 11.9. The van der Waals surface area contributed by atoms with Gasteiger partial charge in [-0.1, -0.05) is 18.2 Å². The zero-order valence-corrected chi connectivity index (χ0v) is 10.8. The summed E-state index contributed by atoms with van der Waals surface area (Å²) in [6, 6.07) is 9.91. The van der Waals surface area contributed by atoms with Gasteiger partial charge in [0.1, 0.15) is 17.4 Å². The van der Waals surface area contributed by atoms with Crippen LogP contribution in [0.3, 0.4) is 0 Å². The van der Waals surface area contributed by atoms with Crippen LogP contribution < -0.4 is 16.0 Å². The minimum Gasteiger partial charge on any atom is -0.493 e. The molecule has 0 amide bonds. The van der Waals surface area contributed by atoms with Gasteiger partial charge in [0.2, 0.25) is 0 Å². The first-order valence-electron chi connectivity index (χ1n) is 6.29. The summed E-state index contributed by atoms with van der Waals surface area (Å²) in [5, 5.41) is 0. The number of nitrogens with two attached hydrogens (primary N) is 1. The van der Waals surface area contributed by atoms with Crippen molar-refractivity contribution in [1.82, 2.24) is 9.97 Å². The quantitative estimate of drug-likeness (QED) is 0.633. The third-order valence-corrected chi connectivity index (χ3v) is 3.26. The van der Waals surface area contributed by atoms with E-state index < -0.39 is 0 Å². The first-order chi connectivity index (χ1) is 9.26. The number of nitrogens with zero attached hydrogens (tertiary/aromatic N) is 2. The van der Waals surface area contributed by atoms with Gasteiger partial charge in [-0.2, -0.15) is 0 Å². The Hall–Kier alpha value is -2.14. The lowest BCUT2D eigenvalue weighted by molar-refractivity contribution is 0.257. The molecule has 1 atom stereocenters. The Labute approximate surface area is 111 Å². The van der Waals surface area contributed by atoms with Crippen molar-refractivity contribution in [2.45, 2.75) is 19.3 Å². The fourth-order valence-corrected chi connectivity index (χ4v) is 2.34. The third kappa shape index (κ3) is 2.37. The Morgan fingerprint density at radius 3 is 3.00 bits per heavy atom. The number of ether oxygens (including phenoxy) is 1. The molecular weight excluding hydrogens is 240 g/mol. The monoisotopic (exact) mass is 256 g/mol. The van der Waals surface area contributed by atoms with E-state index in [4.69, 9.17) is 10.6 Å². The van der Waals surface area contributed by atoms with E-state index in [-0.39, 0.29) is 5.92 Å². The van der Waals surface area contributed by atoms with Crippen LogP contribution in [0.2, 0.25) is 0 Å². The predicted octanol–water partition coefficient (Wildman–Crippen LogP) is 1.79. The molecule has 1 unspecified atom stereocenters. The van der Waals surface area contributed by atoms with Gasteiger partial charge in [0.15, 0.2) is 0 Å². The van der Waals surface area contributed by atoms with Crippen LogP contribution in [0.25, 0.3) is 0 Å². The number of rotatable bonds is 2. The lowest BCUT2D eigenvalue weighted by Gasteiger charge is -2.24. The van der Waals surface area contributed by atoms with Crippen molar-refractivity contribution < 1.29 is 4.74 Å². The number of hydrogen-bond acceptors (Lipinski definition) is 5. The highest BCUT2D eigenvalue weighted by atomic mass is 16.5. The normalized spacial score (nSPS) is 17.5. The van der Waals surface area contributed by atoms with Crippen LogP contribution in [0, 0.1) is 6.92 Å². The maximum absolute atomic E-state index is 5.77. The van der Waals surface area contributed by atoms with Crippen molar-refractivity contribution in [2.24, 2.45) is 5.84 Å². The van der Waals surface area contributed by atoms with E-state index >= 15 is 0 Å². The molecule has 0 radical (unpaired) electrons. The average molecular weight is 256 g/mol. The number of benzene rings is 1. The van der Waals surface area contributed by atoms with Gasteiger partial charge in [0.25, 0.3) is 0 Å². The average Bonchev–Trinajstić information content (AvgIpc) is 2.46. The Morgan fingerprint density at radius 1 is 1.32 bits per heavy atom. The Bertz CT molecular complexity index is 600. The van der Waals surface area contributed by atoms with Crippen LogP contribution in [0.5, 0.6) is 5.75 Å². The second kappa shape index (κ2) is 4.85. The van der Waals surface area contributed by atoms with Gasteiger partial charge in [-0.05, 0) is 25.0 Å². The molecule has 19 heavy (non-hydrogen) atoms. The van der Waals surface area contributed by atoms with E-state index in [2.05, 4.69) is 21.5 Å². The van der Waals surface area contributed by atoms with Crippen LogP contribution in [0.4, 0.5) is 5.82 Å². The summed E-state index contributed by atoms with van der Waals surface area (Å²) in [4.78, 5) is 8.91. The molecule has 1 aromatic heterocycles. The van der Waals surface area contributed by atoms with Gasteiger partial charge >= 0.3 is 0 Å². The third-order valence-electron chi connectivity index (χ3n) is 3.26. The minimum absolute atomic E-state index is 0.168. The number of fused-ring (bicyclic) bond motifs is 1. The number of para-hydroxylation sites is 1. The van der Waals surface area contributed by atoms with Crippen molar-refractivity contribution in [1.29, 1.82) is 0 Å². The molecule has 0 fully saturated rings. The molecule has 1 aliphatic heterocycles. The van der Waals surface area contributed by atoms with Crippen molar-refractivity contribution >= 4 is 5.82 Å². The van der Waals surface area contributed by atoms with E-state index in [1.54, 1.807) is 0 Å². The largest absolute Gasteiger partial charge is 0.493 e. The highest BCUT2D eigenvalue weighted by Gasteiger charge is 2.23. The van der Waals surface area contributed by atoms with Crippen molar-refractivity contribution in [3.8, 4) is 5.75 Å². The second-order valence-corrected chi connectivity index (χ2v) is 4.72.